The highest BCUT2D eigenvalue weighted by Gasteiger charge is 2.14. The monoisotopic (exact) mass is 400 g/mol. The summed E-state index contributed by atoms with van der Waals surface area (Å²) in [4.78, 5) is 17.1. The fourth-order valence-electron chi connectivity index (χ4n) is 3.36. The van der Waals surface area contributed by atoms with Gasteiger partial charge in [-0.25, -0.2) is 4.98 Å². The first kappa shape index (κ1) is 19.6. The second-order valence-corrected chi connectivity index (χ2v) is 7.51. The summed E-state index contributed by atoms with van der Waals surface area (Å²) in [6.45, 7) is 8.45. The van der Waals surface area contributed by atoms with E-state index >= 15 is 0 Å². The van der Waals surface area contributed by atoms with Crippen LogP contribution in [0.15, 0.2) is 59.0 Å². The van der Waals surface area contributed by atoms with Crippen molar-refractivity contribution in [3.05, 3.63) is 88.6 Å². The average molecular weight is 400 g/mol. The van der Waals surface area contributed by atoms with Crippen LogP contribution in [0.1, 0.15) is 38.8 Å². The molecule has 0 unspecified atom stereocenters. The maximum Gasteiger partial charge on any atom is 0.255 e. The minimum atomic E-state index is -0.134. The van der Waals surface area contributed by atoms with Gasteiger partial charge in [-0.1, -0.05) is 17.7 Å². The molecule has 0 saturated carbocycles. The predicted octanol–water partition coefficient (Wildman–Crippen LogP) is 5.07. The van der Waals surface area contributed by atoms with Gasteiger partial charge in [-0.3, -0.25) is 9.48 Å². The second-order valence-electron chi connectivity index (χ2n) is 7.51. The summed E-state index contributed by atoms with van der Waals surface area (Å²) in [7, 11) is 0. The molecular formula is C24H24N4O2. The van der Waals surface area contributed by atoms with Crippen LogP contribution in [0.5, 0.6) is 0 Å². The van der Waals surface area contributed by atoms with E-state index in [1.165, 1.54) is 0 Å². The Morgan fingerprint density at radius 1 is 1.03 bits per heavy atom. The summed E-state index contributed by atoms with van der Waals surface area (Å²) in [6.07, 6.45) is 0. The molecule has 0 radical (unpaired) electrons. The van der Waals surface area contributed by atoms with Crippen molar-refractivity contribution in [3.63, 3.8) is 0 Å². The molecule has 0 aliphatic rings. The van der Waals surface area contributed by atoms with E-state index in [0.717, 1.165) is 39.7 Å². The summed E-state index contributed by atoms with van der Waals surface area (Å²) >= 11 is 0. The van der Waals surface area contributed by atoms with Crippen LogP contribution in [0.25, 0.3) is 11.5 Å². The Hall–Kier alpha value is -3.67. The molecule has 0 aliphatic heterocycles. The number of benzene rings is 2. The number of nitrogens with zero attached hydrogens (tertiary/aromatic N) is 3. The molecule has 6 nitrogen and oxygen atoms in total. The molecule has 152 valence electrons. The van der Waals surface area contributed by atoms with Crippen molar-refractivity contribution >= 4 is 11.6 Å². The lowest BCUT2D eigenvalue weighted by molar-refractivity contribution is 0.102. The Morgan fingerprint density at radius 3 is 2.47 bits per heavy atom. The molecule has 0 saturated heterocycles. The average Bonchev–Trinajstić information content (AvgIpc) is 3.23. The number of aromatic nitrogens is 3. The summed E-state index contributed by atoms with van der Waals surface area (Å²) in [5.74, 6) is 1.19. The minimum absolute atomic E-state index is 0.134. The van der Waals surface area contributed by atoms with Gasteiger partial charge in [-0.05, 0) is 70.2 Å². The van der Waals surface area contributed by atoms with E-state index in [-0.39, 0.29) is 5.91 Å². The molecule has 0 spiro atoms. The number of rotatable bonds is 5. The van der Waals surface area contributed by atoms with Crippen LogP contribution in [0.2, 0.25) is 0 Å². The van der Waals surface area contributed by atoms with Crippen molar-refractivity contribution < 1.29 is 9.21 Å². The highest BCUT2D eigenvalue weighted by molar-refractivity contribution is 6.04. The third kappa shape index (κ3) is 4.17. The van der Waals surface area contributed by atoms with Crippen LogP contribution in [-0.2, 0) is 6.54 Å². The zero-order valence-electron chi connectivity index (χ0n) is 17.6. The van der Waals surface area contributed by atoms with Gasteiger partial charge in [0.25, 0.3) is 5.91 Å². The highest BCUT2D eigenvalue weighted by Crippen LogP contribution is 2.24. The maximum absolute atomic E-state index is 12.4. The molecule has 2 heterocycles. The Bertz CT molecular complexity index is 1200. The van der Waals surface area contributed by atoms with Gasteiger partial charge in [0, 0.05) is 22.5 Å². The molecule has 2 aromatic carbocycles. The van der Waals surface area contributed by atoms with Gasteiger partial charge in [0.15, 0.2) is 0 Å². The minimum Gasteiger partial charge on any atom is -0.441 e. The van der Waals surface area contributed by atoms with Gasteiger partial charge in [0.1, 0.15) is 11.5 Å². The normalized spacial score (nSPS) is 10.9. The van der Waals surface area contributed by atoms with Crippen molar-refractivity contribution in [3.8, 4) is 11.5 Å². The lowest BCUT2D eigenvalue weighted by Crippen LogP contribution is -2.11. The Labute approximate surface area is 175 Å². The molecule has 1 amide bonds. The zero-order chi connectivity index (χ0) is 21.3. The second kappa shape index (κ2) is 7.99. The largest absolute Gasteiger partial charge is 0.441 e. The molecular weight excluding hydrogens is 376 g/mol. The number of amides is 1. The molecule has 1 N–H and O–H groups in total. The molecule has 0 fully saturated rings. The number of carbonyl (C=O) groups is 1. The number of hydrogen-bond acceptors (Lipinski definition) is 4. The number of carbonyl (C=O) groups excluding carboxylic acids is 1. The zero-order valence-corrected chi connectivity index (χ0v) is 17.6. The van der Waals surface area contributed by atoms with Crippen molar-refractivity contribution in [1.82, 2.24) is 14.8 Å². The van der Waals surface area contributed by atoms with Gasteiger partial charge >= 0.3 is 0 Å². The van der Waals surface area contributed by atoms with E-state index in [1.54, 1.807) is 6.07 Å². The van der Waals surface area contributed by atoms with Crippen LogP contribution >= 0.6 is 0 Å². The van der Waals surface area contributed by atoms with Gasteiger partial charge < -0.3 is 9.73 Å². The quantitative estimate of drug-likeness (QED) is 0.507. The lowest BCUT2D eigenvalue weighted by atomic mass is 10.1. The fourth-order valence-corrected chi connectivity index (χ4v) is 3.36. The summed E-state index contributed by atoms with van der Waals surface area (Å²) < 4.78 is 7.81. The van der Waals surface area contributed by atoms with Crippen LogP contribution in [0, 0.1) is 27.7 Å². The third-order valence-corrected chi connectivity index (χ3v) is 4.97. The van der Waals surface area contributed by atoms with Gasteiger partial charge in [0.2, 0.25) is 5.89 Å². The lowest BCUT2D eigenvalue weighted by Gasteiger charge is -2.06. The van der Waals surface area contributed by atoms with E-state index in [0.29, 0.717) is 18.0 Å². The first-order valence-electron chi connectivity index (χ1n) is 9.85. The number of aryl methyl sites for hydroxylation is 4. The Kier molecular flexibility index (Phi) is 5.23. The first-order chi connectivity index (χ1) is 14.4. The molecule has 0 aliphatic carbocycles. The Balaban J connectivity index is 1.49. The van der Waals surface area contributed by atoms with Crippen molar-refractivity contribution in [2.45, 2.75) is 34.2 Å². The van der Waals surface area contributed by atoms with Crippen LogP contribution < -0.4 is 5.32 Å². The molecule has 0 atom stereocenters. The Morgan fingerprint density at radius 2 is 1.80 bits per heavy atom. The summed E-state index contributed by atoms with van der Waals surface area (Å²) in [5.41, 5.74) is 6.18. The van der Waals surface area contributed by atoms with Gasteiger partial charge in [0.05, 0.1) is 12.2 Å². The van der Waals surface area contributed by atoms with Crippen molar-refractivity contribution in [2.24, 2.45) is 0 Å². The van der Waals surface area contributed by atoms with Gasteiger partial charge in [-0.15, -0.1) is 0 Å². The van der Waals surface area contributed by atoms with E-state index in [1.807, 2.05) is 80.9 Å². The van der Waals surface area contributed by atoms with Crippen molar-refractivity contribution in [2.75, 3.05) is 5.32 Å². The smallest absolute Gasteiger partial charge is 0.255 e. The van der Waals surface area contributed by atoms with E-state index in [9.17, 15) is 4.79 Å². The maximum atomic E-state index is 12.4. The fraction of sp³-hybridized carbons (Fsp3) is 0.208. The van der Waals surface area contributed by atoms with Crippen LogP contribution in [0.3, 0.4) is 0 Å². The van der Waals surface area contributed by atoms with E-state index in [2.05, 4.69) is 15.4 Å². The standard InChI is InChI=1S/C24H24N4O2/c1-15-6-5-7-20(12-15)23(29)25-21-10-8-19(9-11-21)24-26-22(18(4)30-24)14-28-17(3)13-16(2)27-28/h5-13H,14H2,1-4H3,(H,25,29). The van der Waals surface area contributed by atoms with E-state index < -0.39 is 0 Å². The van der Waals surface area contributed by atoms with Gasteiger partial charge in [-0.2, -0.15) is 5.10 Å². The highest BCUT2D eigenvalue weighted by atomic mass is 16.4. The first-order valence-corrected chi connectivity index (χ1v) is 9.85. The number of nitrogens with one attached hydrogen (secondary N) is 1. The summed E-state index contributed by atoms with van der Waals surface area (Å²) in [6, 6.07) is 17.0. The number of oxazole rings is 1. The molecule has 30 heavy (non-hydrogen) atoms. The molecule has 2 aromatic heterocycles. The molecule has 4 rings (SSSR count). The number of anilines is 1. The summed E-state index contributed by atoms with van der Waals surface area (Å²) in [5, 5.41) is 7.41. The molecule has 6 heteroatoms. The SMILES string of the molecule is Cc1cccc(C(=O)Nc2ccc(-c3nc(Cn4nc(C)cc4C)c(C)o3)cc2)c1. The van der Waals surface area contributed by atoms with Crippen LogP contribution in [-0.4, -0.2) is 20.7 Å². The third-order valence-electron chi connectivity index (χ3n) is 4.97. The van der Waals surface area contributed by atoms with Crippen LogP contribution in [0.4, 0.5) is 5.69 Å². The number of hydrogen-bond donors (Lipinski definition) is 1. The molecule has 0 bridgehead atoms. The topological polar surface area (TPSA) is 73.0 Å². The van der Waals surface area contributed by atoms with E-state index in [4.69, 9.17) is 4.42 Å². The molecule has 4 aromatic rings. The predicted molar refractivity (Wildman–Crippen MR) is 117 cm³/mol. The van der Waals surface area contributed by atoms with Crippen molar-refractivity contribution in [1.29, 1.82) is 0 Å².